The van der Waals surface area contributed by atoms with E-state index in [1.807, 2.05) is 23.6 Å². The normalized spacial score (nSPS) is 18.2. The largest absolute Gasteiger partial charge is 0.454 e. The van der Waals surface area contributed by atoms with Gasteiger partial charge in [-0.2, -0.15) is 0 Å². The average Bonchev–Trinajstić information content (AvgIpc) is 3.17. The molecule has 0 spiro atoms. The number of ether oxygens (including phenoxy) is 1. The van der Waals surface area contributed by atoms with Crippen molar-refractivity contribution in [3.8, 4) is 0 Å². The fraction of sp³-hybridized carbons (Fsp3) is 0.455. The summed E-state index contributed by atoms with van der Waals surface area (Å²) < 4.78 is 30.8. The molecule has 1 saturated heterocycles. The number of sulfone groups is 1. The van der Waals surface area contributed by atoms with Gasteiger partial charge in [-0.3, -0.25) is 4.79 Å². The van der Waals surface area contributed by atoms with Gasteiger partial charge in [-0.05, 0) is 49.9 Å². The molecule has 0 bridgehead atoms. The summed E-state index contributed by atoms with van der Waals surface area (Å²) in [5, 5.41) is 0. The highest BCUT2D eigenvalue weighted by Gasteiger charge is 2.31. The number of nitrogens with zero attached hydrogens (tertiary/aromatic N) is 1. The molecule has 0 N–H and O–H groups in total. The van der Waals surface area contributed by atoms with Crippen LogP contribution >= 0.6 is 0 Å². The van der Waals surface area contributed by atoms with Gasteiger partial charge in [-0.1, -0.05) is 26.0 Å². The minimum atomic E-state index is -3.02. The van der Waals surface area contributed by atoms with Crippen LogP contribution < -0.4 is 0 Å². The van der Waals surface area contributed by atoms with Gasteiger partial charge in [0.25, 0.3) is 0 Å². The van der Waals surface area contributed by atoms with Crippen LogP contribution in [0.2, 0.25) is 0 Å². The Morgan fingerprint density at radius 2 is 1.83 bits per heavy atom. The smallest absolute Gasteiger partial charge is 0.338 e. The first-order valence-electron chi connectivity index (χ1n) is 9.78. The molecule has 0 radical (unpaired) electrons. The third-order valence-corrected chi connectivity index (χ3v) is 7.26. The number of hydrogen-bond acceptors (Lipinski definition) is 5. The van der Waals surface area contributed by atoms with Crippen LogP contribution in [0.25, 0.3) is 0 Å². The number of hydrogen-bond donors (Lipinski definition) is 0. The zero-order valence-electron chi connectivity index (χ0n) is 17.3. The molecular weight excluding hydrogens is 390 g/mol. The van der Waals surface area contributed by atoms with Crippen molar-refractivity contribution in [2.45, 2.75) is 46.1 Å². The minimum Gasteiger partial charge on any atom is -0.454 e. The van der Waals surface area contributed by atoms with E-state index in [2.05, 4.69) is 13.8 Å². The molecule has 1 aliphatic heterocycles. The molecule has 6 nitrogen and oxygen atoms in total. The van der Waals surface area contributed by atoms with Crippen LogP contribution in [0.3, 0.4) is 0 Å². The molecule has 2 heterocycles. The van der Waals surface area contributed by atoms with Crippen LogP contribution in [-0.2, 0) is 14.6 Å². The Morgan fingerprint density at radius 1 is 1.17 bits per heavy atom. The second-order valence-electron chi connectivity index (χ2n) is 7.99. The van der Waals surface area contributed by atoms with Gasteiger partial charge >= 0.3 is 5.97 Å². The van der Waals surface area contributed by atoms with E-state index >= 15 is 0 Å². The molecule has 1 aromatic carbocycles. The highest BCUT2D eigenvalue weighted by atomic mass is 32.2. The summed E-state index contributed by atoms with van der Waals surface area (Å²) in [7, 11) is -3.02. The molecule has 156 valence electrons. The monoisotopic (exact) mass is 417 g/mol. The standard InChI is InChI=1S/C22H27NO5S/c1-14(2)17-5-7-18(8-6-17)22(25)28-12-21(24)20-11-15(3)23(16(20)4)19-9-10-29(26,27)13-19/h5-8,11,14,19H,9-10,12-13H2,1-4H3/t19-/m1/s1. The summed E-state index contributed by atoms with van der Waals surface area (Å²) in [4.78, 5) is 24.9. The van der Waals surface area contributed by atoms with Crippen molar-refractivity contribution in [2.24, 2.45) is 0 Å². The first-order valence-corrected chi connectivity index (χ1v) is 11.6. The van der Waals surface area contributed by atoms with Crippen LogP contribution in [0.1, 0.15) is 69.9 Å². The number of carbonyl (C=O) groups is 2. The van der Waals surface area contributed by atoms with Crippen LogP contribution in [0.15, 0.2) is 30.3 Å². The van der Waals surface area contributed by atoms with Gasteiger partial charge < -0.3 is 9.30 Å². The Bertz CT molecular complexity index is 1030. The Hall–Kier alpha value is -2.41. The van der Waals surface area contributed by atoms with E-state index in [0.29, 0.717) is 29.2 Å². The SMILES string of the molecule is Cc1cc(C(=O)COC(=O)c2ccc(C(C)C)cc2)c(C)n1[C@@H]1CCS(=O)(=O)C1. The number of esters is 1. The first kappa shape index (κ1) is 21.3. The molecule has 0 aliphatic carbocycles. The lowest BCUT2D eigenvalue weighted by atomic mass is 10.0. The van der Waals surface area contributed by atoms with Gasteiger partial charge in [0.1, 0.15) is 0 Å². The van der Waals surface area contributed by atoms with Crippen molar-refractivity contribution in [1.82, 2.24) is 4.57 Å². The maximum absolute atomic E-state index is 12.6. The summed E-state index contributed by atoms with van der Waals surface area (Å²) in [6.45, 7) is 7.46. The molecule has 7 heteroatoms. The Morgan fingerprint density at radius 3 is 2.38 bits per heavy atom. The van der Waals surface area contributed by atoms with Gasteiger partial charge in [0.05, 0.1) is 17.1 Å². The molecule has 1 aliphatic rings. The third-order valence-electron chi connectivity index (χ3n) is 5.51. The molecule has 1 atom stereocenters. The van der Waals surface area contributed by atoms with Crippen LogP contribution in [0.4, 0.5) is 0 Å². The highest BCUT2D eigenvalue weighted by Crippen LogP contribution is 2.29. The summed E-state index contributed by atoms with van der Waals surface area (Å²) >= 11 is 0. The lowest BCUT2D eigenvalue weighted by Crippen LogP contribution is -2.17. The van der Waals surface area contributed by atoms with E-state index in [9.17, 15) is 18.0 Å². The van der Waals surface area contributed by atoms with E-state index in [4.69, 9.17) is 4.74 Å². The van der Waals surface area contributed by atoms with Crippen LogP contribution in [0, 0.1) is 13.8 Å². The molecule has 1 aromatic heterocycles. The minimum absolute atomic E-state index is 0.0956. The molecule has 0 saturated carbocycles. The predicted molar refractivity (Wildman–Crippen MR) is 111 cm³/mol. The van der Waals surface area contributed by atoms with Crippen LogP contribution in [0.5, 0.6) is 0 Å². The fourth-order valence-corrected chi connectivity index (χ4v) is 5.60. The van der Waals surface area contributed by atoms with E-state index in [-0.39, 0.29) is 29.9 Å². The number of ketones is 1. The van der Waals surface area contributed by atoms with E-state index < -0.39 is 15.8 Å². The van der Waals surface area contributed by atoms with Crippen molar-refractivity contribution in [2.75, 3.05) is 18.1 Å². The molecule has 0 unspecified atom stereocenters. The lowest BCUT2D eigenvalue weighted by molar-refractivity contribution is 0.0474. The lowest BCUT2D eigenvalue weighted by Gasteiger charge is -2.16. The predicted octanol–water partition coefficient (Wildman–Crippen LogP) is 3.63. The second-order valence-corrected chi connectivity index (χ2v) is 10.2. The number of aromatic nitrogens is 1. The number of benzene rings is 1. The summed E-state index contributed by atoms with van der Waals surface area (Å²) in [6, 6.07) is 8.76. The summed E-state index contributed by atoms with van der Waals surface area (Å²) in [5.74, 6) is -0.197. The summed E-state index contributed by atoms with van der Waals surface area (Å²) in [5.41, 5.74) is 3.55. The first-order chi connectivity index (χ1) is 13.6. The number of Topliss-reactive ketones (excluding diaryl/α,β-unsaturated/α-hetero) is 1. The molecule has 0 amide bonds. The van der Waals surface area contributed by atoms with Gasteiger partial charge in [-0.25, -0.2) is 13.2 Å². The zero-order chi connectivity index (χ0) is 21.3. The molecule has 2 aromatic rings. The molecule has 3 rings (SSSR count). The van der Waals surface area contributed by atoms with Crippen LogP contribution in [-0.4, -0.2) is 42.9 Å². The second kappa shape index (κ2) is 8.14. The van der Waals surface area contributed by atoms with Gasteiger partial charge in [-0.15, -0.1) is 0 Å². The summed E-state index contributed by atoms with van der Waals surface area (Å²) in [6.07, 6.45) is 0.549. The number of carbonyl (C=O) groups excluding carboxylic acids is 2. The molecular formula is C22H27NO5S. The Labute approximate surface area is 171 Å². The maximum Gasteiger partial charge on any atom is 0.338 e. The van der Waals surface area contributed by atoms with Gasteiger partial charge in [0.15, 0.2) is 16.4 Å². The highest BCUT2D eigenvalue weighted by molar-refractivity contribution is 7.91. The van der Waals surface area contributed by atoms with Gasteiger partial charge in [0, 0.05) is 23.0 Å². The molecule has 1 fully saturated rings. The van der Waals surface area contributed by atoms with Gasteiger partial charge in [0.2, 0.25) is 5.78 Å². The van der Waals surface area contributed by atoms with E-state index in [1.165, 1.54) is 0 Å². The van der Waals surface area contributed by atoms with Crippen molar-refractivity contribution < 1.29 is 22.7 Å². The average molecular weight is 418 g/mol. The van der Waals surface area contributed by atoms with E-state index in [1.54, 1.807) is 25.1 Å². The van der Waals surface area contributed by atoms with Crippen molar-refractivity contribution >= 4 is 21.6 Å². The Kier molecular flexibility index (Phi) is 5.98. The topological polar surface area (TPSA) is 82.4 Å². The third kappa shape index (κ3) is 4.61. The molecule has 29 heavy (non-hydrogen) atoms. The quantitative estimate of drug-likeness (QED) is 0.529. The number of rotatable bonds is 6. The maximum atomic E-state index is 12.6. The zero-order valence-corrected chi connectivity index (χ0v) is 18.1. The Balaban J connectivity index is 1.68. The van der Waals surface area contributed by atoms with E-state index in [0.717, 1.165) is 11.3 Å². The fourth-order valence-electron chi connectivity index (χ4n) is 3.90. The van der Waals surface area contributed by atoms with Crippen molar-refractivity contribution in [1.29, 1.82) is 0 Å². The van der Waals surface area contributed by atoms with Crippen molar-refractivity contribution in [3.05, 3.63) is 58.4 Å². The number of aryl methyl sites for hydroxylation is 1. The van der Waals surface area contributed by atoms with Crippen molar-refractivity contribution in [3.63, 3.8) is 0 Å².